The Kier molecular flexibility index (Phi) is 18.8. The maximum absolute atomic E-state index is 15.4. The first kappa shape index (κ1) is 67.5. The topological polar surface area (TPSA) is 387 Å². The lowest BCUT2D eigenvalue weighted by Crippen LogP contribution is -2.39. The number of carbonyl (C=O) groups excluding carboxylic acids is 3. The van der Waals surface area contributed by atoms with Crippen LogP contribution in [-0.2, 0) is 38.3 Å². The molecule has 530 valence electrons. The molecule has 0 atom stereocenters. The molecule has 3 fully saturated rings. The molecule has 0 spiro atoms. The number of nitrogens with zero attached hydrogens (tertiary/aromatic N) is 9. The number of hydrogen-bond acceptors (Lipinski definition) is 25. The van der Waals surface area contributed by atoms with E-state index in [0.29, 0.717) is 85.0 Å². The smallest absolute Gasteiger partial charge is 0.408 e. The van der Waals surface area contributed by atoms with E-state index in [9.17, 15) is 28.8 Å². The molecule has 12 aromatic rings. The van der Waals surface area contributed by atoms with E-state index in [4.69, 9.17) is 41.8 Å². The summed E-state index contributed by atoms with van der Waals surface area (Å²) in [5, 5.41) is 28.5. The molecule has 104 heavy (non-hydrogen) atoms. The number of fused-ring (bicyclic) bond motifs is 3. The molecular weight excluding hydrogens is 1360 g/mol. The first-order valence-electron chi connectivity index (χ1n) is 33.7. The van der Waals surface area contributed by atoms with Gasteiger partial charge in [-0.1, -0.05) is 0 Å². The lowest BCUT2D eigenvalue weighted by atomic mass is 9.93. The highest BCUT2D eigenvalue weighted by molar-refractivity contribution is 7.48. The number of carbonyl (C=O) groups is 3. The van der Waals surface area contributed by atoms with Crippen molar-refractivity contribution in [2.45, 2.75) is 117 Å². The third-order valence-corrected chi connectivity index (χ3v) is 19.6. The summed E-state index contributed by atoms with van der Waals surface area (Å²) in [6, 6.07) is 35.9. The number of oxazole rings is 3. The first-order valence-corrected chi connectivity index (χ1v) is 35.2. The van der Waals surface area contributed by atoms with Crippen LogP contribution in [0.1, 0.15) is 106 Å². The Hall–Kier alpha value is -12.3. The monoisotopic (exact) mass is 1420 g/mol. The molecule has 6 heterocycles. The van der Waals surface area contributed by atoms with Gasteiger partial charge in [-0.3, -0.25) is 28.0 Å². The number of anilines is 12. The van der Waals surface area contributed by atoms with Crippen molar-refractivity contribution in [3.8, 4) is 0 Å². The van der Waals surface area contributed by atoms with Gasteiger partial charge in [-0.15, -0.1) is 0 Å². The second-order valence-electron chi connectivity index (χ2n) is 25.6. The number of hydrogen-bond donors (Lipinski definition) is 9. The van der Waals surface area contributed by atoms with Crippen LogP contribution in [0, 0.1) is 20.8 Å². The number of amides is 3. The van der Waals surface area contributed by atoms with Crippen LogP contribution in [-0.4, -0.2) is 79.5 Å². The number of aromatic nitrogens is 9. The fraction of sp³-hybridized carbons (Fsp3) is 0.250. The van der Waals surface area contributed by atoms with Crippen LogP contribution in [0.25, 0.3) is 33.3 Å². The molecule has 3 aliphatic rings. The van der Waals surface area contributed by atoms with Gasteiger partial charge in [0, 0.05) is 104 Å². The third kappa shape index (κ3) is 15.2. The highest BCUT2D eigenvalue weighted by Crippen LogP contribution is 2.51. The molecule has 3 saturated carbocycles. The number of benzene rings is 6. The Bertz CT molecular complexity index is 4970. The summed E-state index contributed by atoms with van der Waals surface area (Å²) in [4.78, 5) is 107. The summed E-state index contributed by atoms with van der Waals surface area (Å²) < 4.78 is 53.5. The Balaban J connectivity index is 0.675. The molecule has 0 radical (unpaired) electrons. The van der Waals surface area contributed by atoms with E-state index in [0.717, 1.165) is 71.5 Å². The predicted molar refractivity (Wildman–Crippen MR) is 387 cm³/mol. The number of nitrogens with one attached hydrogen (secondary N) is 9. The number of phosphoric acid groups is 1. The summed E-state index contributed by atoms with van der Waals surface area (Å²) >= 11 is 0. The van der Waals surface area contributed by atoms with Crippen LogP contribution in [0.15, 0.2) is 174 Å². The van der Waals surface area contributed by atoms with Gasteiger partial charge in [0.15, 0.2) is 16.7 Å². The van der Waals surface area contributed by atoms with Gasteiger partial charge in [-0.2, -0.15) is 15.0 Å². The van der Waals surface area contributed by atoms with Crippen LogP contribution >= 0.6 is 7.82 Å². The fourth-order valence-electron chi connectivity index (χ4n) is 11.5. The highest BCUT2D eigenvalue weighted by Gasteiger charge is 2.32. The second-order valence-corrected chi connectivity index (χ2v) is 27.3. The Morgan fingerprint density at radius 2 is 0.673 bits per heavy atom. The van der Waals surface area contributed by atoms with Crippen molar-refractivity contribution in [3.05, 3.63) is 211 Å². The lowest BCUT2D eigenvalue weighted by molar-refractivity contribution is 0.0521. The molecule has 32 heteroatoms. The van der Waals surface area contributed by atoms with Gasteiger partial charge >= 0.3 is 25.1 Å². The van der Waals surface area contributed by atoms with Gasteiger partial charge in [0.2, 0.25) is 17.8 Å². The fourth-order valence-corrected chi connectivity index (χ4v) is 12.5. The minimum atomic E-state index is -5.08. The molecule has 0 unspecified atom stereocenters. The molecule has 0 bridgehead atoms. The van der Waals surface area contributed by atoms with Crippen molar-refractivity contribution in [1.82, 2.24) is 59.6 Å². The summed E-state index contributed by atoms with van der Waals surface area (Å²) in [6.45, 7) is 2.94. The van der Waals surface area contributed by atoms with Crippen LogP contribution in [0.2, 0.25) is 0 Å². The molecule has 9 N–H and O–H groups in total. The van der Waals surface area contributed by atoms with Gasteiger partial charge in [0.25, 0.3) is 17.7 Å². The normalized spacial score (nSPS) is 14.0. The van der Waals surface area contributed by atoms with Crippen LogP contribution in [0.3, 0.4) is 0 Å². The molecular formula is C72H69N18O13P. The van der Waals surface area contributed by atoms with Crippen LogP contribution in [0.5, 0.6) is 0 Å². The van der Waals surface area contributed by atoms with E-state index in [-0.39, 0.29) is 87.0 Å². The maximum Gasteiger partial charge on any atom is 0.480 e. The first-order chi connectivity index (χ1) is 50.4. The quantitative estimate of drug-likeness (QED) is 0.0216. The van der Waals surface area contributed by atoms with Crippen molar-refractivity contribution in [2.24, 2.45) is 0 Å². The molecule has 3 amide bonds. The van der Waals surface area contributed by atoms with E-state index >= 15 is 4.57 Å². The summed E-state index contributed by atoms with van der Waals surface area (Å²) in [7, 11) is -5.08. The highest BCUT2D eigenvalue weighted by atomic mass is 31.2. The molecule has 31 nitrogen and oxygen atoms in total. The summed E-state index contributed by atoms with van der Waals surface area (Å²) in [5.74, 6) is -1.21. The predicted octanol–water partition coefficient (Wildman–Crippen LogP) is 12.4. The zero-order valence-corrected chi connectivity index (χ0v) is 57.2. The zero-order chi connectivity index (χ0) is 71.6. The molecule has 3 aliphatic carbocycles. The largest absolute Gasteiger partial charge is 0.480 e. The average Bonchev–Trinajstić information content (AvgIpc) is 1.59. The number of phosphoric ester groups is 1. The Labute approximate surface area is 590 Å². The van der Waals surface area contributed by atoms with Gasteiger partial charge in [-0.05, 0) is 206 Å². The van der Waals surface area contributed by atoms with Crippen molar-refractivity contribution >= 4 is 128 Å². The second kappa shape index (κ2) is 29.0. The molecule has 6 aromatic heterocycles. The zero-order valence-electron chi connectivity index (χ0n) is 56.4. The van der Waals surface area contributed by atoms with E-state index in [1.54, 1.807) is 167 Å². The molecule has 0 aliphatic heterocycles. The molecule has 0 saturated heterocycles. The van der Waals surface area contributed by atoms with Crippen molar-refractivity contribution in [1.29, 1.82) is 0 Å². The minimum absolute atomic E-state index is 0.120. The molecule has 6 aromatic carbocycles. The van der Waals surface area contributed by atoms with E-state index in [2.05, 4.69) is 62.8 Å². The van der Waals surface area contributed by atoms with Crippen LogP contribution in [0.4, 0.5) is 69.4 Å². The minimum Gasteiger partial charge on any atom is -0.408 e. The van der Waals surface area contributed by atoms with E-state index in [1.165, 1.54) is 0 Å². The van der Waals surface area contributed by atoms with Crippen LogP contribution < -0.4 is 65.1 Å². The number of aryl methyl sites for hydroxylation is 3. The van der Waals surface area contributed by atoms with Gasteiger partial charge < -0.3 is 61.1 Å². The SMILES string of the molecule is Cc1cnc(Nc2ccc(C(=O)NC3CCC3)cc2)nc1Nc1ccc2oc(=O)n(COP(=O)(OCn3c(=O)oc4ccc(Nc5nc(Nc6ccc(C(=O)NC7CCC7)cc6)ncc5C)cc43)OCn3c(=O)oc4ccc(Nc5nc(Nc6ccc(C(=O)NC7CCC7)cc6)ncc5C)cc43)c2c1. The molecule has 15 rings (SSSR count). The Morgan fingerprint density at radius 3 is 0.933 bits per heavy atom. The maximum atomic E-state index is 15.4. The van der Waals surface area contributed by atoms with Crippen molar-refractivity contribution < 1.29 is 45.8 Å². The van der Waals surface area contributed by atoms with E-state index < -0.39 is 45.3 Å². The van der Waals surface area contributed by atoms with Crippen molar-refractivity contribution in [2.75, 3.05) is 31.9 Å². The van der Waals surface area contributed by atoms with E-state index in [1.807, 2.05) is 0 Å². The summed E-state index contributed by atoms with van der Waals surface area (Å²) in [6.07, 6.45) is 14.0. The standard InChI is InChI=1S/C72H69N18O13P/c1-40-34-73-67(82-49-19-13-43(14-20-49)64(91)79-46-7-4-8-46)85-61(40)76-52-25-28-58-55(31-52)88(70(94)101-58)37-98-104(97,99-38-89-56-32-53(26-29-59(56)102-71(89)95)77-62-41(2)35-74-68(86-62)83-50-21-15-44(16-22-50)65(92)80-47-9-5-10-47)100-39-90-57-33-54(27-30-60(57)103-72(90)96)78-63-42(3)36-75-69(87-63)84-51-23-17-45(18-24-51)66(93)81-48-11-6-12-48/h13-36,46-48H,4-12,37-39H2,1-3H3,(H,79,91)(H,80,92)(H,81,93)(H2,73,76,82,85)(H2,74,77,83,86)(H2,75,78,84,87). The van der Waals surface area contributed by atoms with Gasteiger partial charge in [0.05, 0.1) is 16.6 Å². The third-order valence-electron chi connectivity index (χ3n) is 18.3. The Morgan fingerprint density at radius 1 is 0.404 bits per heavy atom. The van der Waals surface area contributed by atoms with Gasteiger partial charge in [-0.25, -0.2) is 47.6 Å². The van der Waals surface area contributed by atoms with Crippen molar-refractivity contribution in [3.63, 3.8) is 0 Å². The van der Waals surface area contributed by atoms with Gasteiger partial charge in [0.1, 0.15) is 37.6 Å². The number of rotatable bonds is 27. The summed E-state index contributed by atoms with van der Waals surface area (Å²) in [5.41, 5.74) is 7.72. The lowest BCUT2D eigenvalue weighted by Gasteiger charge is -2.26. The average molecular weight is 1430 g/mol.